The van der Waals surface area contributed by atoms with Crippen LogP contribution in [-0.4, -0.2) is 93.7 Å². The third-order valence-corrected chi connectivity index (χ3v) is 23.4. The summed E-state index contributed by atoms with van der Waals surface area (Å²) in [6, 6.07) is 0. The molecule has 47 nitrogen and oxygen atoms in total. The normalized spacial score (nSPS) is 9.67. The molecule has 0 atom stereocenters. The van der Waals surface area contributed by atoms with Crippen molar-refractivity contribution in [3.05, 3.63) is 0 Å². The van der Waals surface area contributed by atoms with Gasteiger partial charge in [-0.1, -0.05) is 106 Å². The van der Waals surface area contributed by atoms with Gasteiger partial charge in [-0.25, -0.2) is 0 Å². The van der Waals surface area contributed by atoms with Gasteiger partial charge < -0.3 is 228 Å². The Balaban J connectivity index is -0.0000000144. The molecule has 0 fully saturated rings. The van der Waals surface area contributed by atoms with Crippen molar-refractivity contribution in [1.82, 2.24) is 16.0 Å². The fourth-order valence-corrected chi connectivity index (χ4v) is 14.3. The van der Waals surface area contributed by atoms with Crippen molar-refractivity contribution in [2.75, 3.05) is 93.7 Å². The van der Waals surface area contributed by atoms with Crippen LogP contribution in [0, 0.1) is 0 Å². The minimum atomic E-state index is -5.18. The van der Waals surface area contributed by atoms with Crippen LogP contribution in [0.1, 0.15) is 0 Å². The Labute approximate surface area is 1220 Å². The Kier molecular flexibility index (Phi) is 315. The molecule has 472 valence electrons. The molecule has 0 heterocycles. The van der Waals surface area contributed by atoms with Crippen molar-refractivity contribution in [3.63, 3.8) is 0 Å². The molecule has 104 heavy (non-hydrogen) atoms. The fourth-order valence-electron chi connectivity index (χ4n) is 2.42. The maximum atomic E-state index is 9.55. The molecular weight excluding hydrogens is 2000 g/mol. The van der Waals surface area contributed by atoms with Crippen LogP contribution >= 0.6 is 106 Å². The summed E-state index contributed by atoms with van der Waals surface area (Å²) in [6.45, 7) is 7.15. The predicted molar refractivity (Wildman–Crippen MR) is 197 cm³/mol. The van der Waals surface area contributed by atoms with E-state index in [2.05, 4.69) is 16.0 Å². The Bertz CT molecular complexity index is 1790. The smallest absolute Gasteiger partial charge is 0.810 e. The zero-order chi connectivity index (χ0) is 63.7. The summed E-state index contributed by atoms with van der Waals surface area (Å²) in [5.41, 5.74) is 10.6. The van der Waals surface area contributed by atoms with Crippen molar-refractivity contribution in [2.45, 2.75) is 0 Å². The largest absolute Gasteiger partial charge is 1.00 e. The summed E-state index contributed by atoms with van der Waals surface area (Å²) < 4.78 is 134. The van der Waals surface area contributed by atoms with E-state index in [4.69, 9.17) is 11.5 Å². The number of hydrogen-bond donors (Lipinski definition) is 5. The van der Waals surface area contributed by atoms with Gasteiger partial charge in [-0.15, -0.1) is 0 Å². The Hall–Kier alpha value is 29.9. The third kappa shape index (κ3) is 337. The van der Waals surface area contributed by atoms with Gasteiger partial charge in [-0.05, 0) is 0 Å². The maximum Gasteiger partial charge on any atom is 1.00 e. The minimum Gasteiger partial charge on any atom is -0.810 e. The first-order chi connectivity index (χ1) is 32.4. The monoisotopic (exact) mass is 2040 g/mol. The van der Waals surface area contributed by atoms with E-state index in [1.807, 2.05) is 0 Å². The summed E-state index contributed by atoms with van der Waals surface area (Å²) in [6.07, 6.45) is 0. The SMILES string of the molecule is NCCNCCNCCNCCN.O=P([O-])([O-])CP(=O)([O-])[O-].O=P([O-])([O-])CP(=O)([O-])[O-].O=P([O-])([O-])CP(=O)([O-])[O-].O=P([O-])([O-])CP(=O)([O-])[O-].O=P([O-])([O-])CP(=O)([O-])[O-].O=P([O-])([O-])CP(=O)([O-])[O-].O=P([O-])([O-])CP(=O)([O-])[O-].[Na+].[Na+].[Na+].[Na+].[Na+].[Na+].[Na+].[Na+].[Na+].[Na+].[Na+].[Na+].[Na+].[Na+].[Na+].[Na+].[Na+].[Na+].[Na+].[Na+].[Na+].[Na+].[Na+].[Na+].[Na+].[Na+].[Na+].[Na+]. The van der Waals surface area contributed by atoms with Gasteiger partial charge in [0.1, 0.15) is 0 Å². The molecule has 0 saturated carbocycles. The van der Waals surface area contributed by atoms with E-state index < -0.39 is 148 Å². The zero-order valence-electron chi connectivity index (χ0n) is 64.7. The van der Waals surface area contributed by atoms with E-state index in [-0.39, 0.29) is 828 Å². The quantitative estimate of drug-likeness (QED) is 0.0340. The molecule has 0 radical (unpaired) electrons. The van der Waals surface area contributed by atoms with Gasteiger partial charge in [0.25, 0.3) is 0 Å². The summed E-state index contributed by atoms with van der Waals surface area (Å²) >= 11 is 0. The summed E-state index contributed by atoms with van der Waals surface area (Å²) in [4.78, 5) is 267. The molecule has 0 aliphatic rings. The van der Waals surface area contributed by atoms with Gasteiger partial charge in [0, 0.05) is 93.7 Å². The molecule has 0 aromatic rings. The molecule has 0 aliphatic heterocycles. The number of rotatable bonds is 24. The van der Waals surface area contributed by atoms with Crippen LogP contribution in [0.25, 0.3) is 0 Å². The molecule has 0 bridgehead atoms. The first-order valence-electron chi connectivity index (χ1n) is 17.0. The van der Waals surface area contributed by atoms with Crippen LogP contribution in [0.2, 0.25) is 0 Å². The fraction of sp³-hybridized carbons (Fsp3) is 1.00. The first kappa shape index (κ1) is 247. The van der Waals surface area contributed by atoms with Crippen molar-refractivity contribution >= 4 is 106 Å². The maximum absolute atomic E-state index is 9.55. The molecule has 0 aromatic heterocycles. The zero-order valence-corrected chi connectivity index (χ0v) is 133. The van der Waals surface area contributed by atoms with Gasteiger partial charge in [-0.3, -0.25) is 0 Å². The second-order valence-corrected chi connectivity index (χ2v) is 37.4. The molecule has 89 heteroatoms. The van der Waals surface area contributed by atoms with Crippen LogP contribution < -0.4 is 992 Å². The van der Waals surface area contributed by atoms with Gasteiger partial charge in [-0.2, -0.15) is 0 Å². The Morgan fingerprint density at radius 2 is 0.202 bits per heavy atom. The Morgan fingerprint density at radius 3 is 0.240 bits per heavy atom. The van der Waals surface area contributed by atoms with E-state index in [1.54, 1.807) is 0 Å². The molecule has 7 N–H and O–H groups in total. The average Bonchev–Trinajstić information content (AvgIpc) is 2.93. The Morgan fingerprint density at radius 1 is 0.144 bits per heavy atom. The topological polar surface area (TPSA) is 973 Å². The van der Waals surface area contributed by atoms with Crippen molar-refractivity contribution in [3.8, 4) is 0 Å². The van der Waals surface area contributed by atoms with Gasteiger partial charge in [0.15, 0.2) is 0 Å². The summed E-state index contributed by atoms with van der Waals surface area (Å²) in [7, 11) is -72.5. The van der Waals surface area contributed by atoms with E-state index in [1.165, 1.54) is 0 Å². The number of hydrogen-bond acceptors (Lipinski definition) is 47. The van der Waals surface area contributed by atoms with Crippen LogP contribution in [0.4, 0.5) is 0 Å². The summed E-state index contributed by atoms with van der Waals surface area (Å²) in [5, 5.41) is 9.71. The van der Waals surface area contributed by atoms with E-state index in [0.29, 0.717) is 13.1 Å². The molecule has 0 rings (SSSR count). The predicted octanol–water partition coefficient (Wildman–Crippen LogP) is -109. The van der Waals surface area contributed by atoms with Gasteiger partial charge >= 0.3 is 828 Å². The van der Waals surface area contributed by atoms with Crippen molar-refractivity contribution in [1.29, 1.82) is 0 Å². The second kappa shape index (κ2) is 133. The molecule has 0 spiro atoms. The van der Waals surface area contributed by atoms with E-state index in [0.717, 1.165) is 39.3 Å². The second-order valence-electron chi connectivity index (χ2n) is 12.4. The van der Waals surface area contributed by atoms with Crippen LogP contribution in [0.5, 0.6) is 0 Å². The standard InChI is InChI=1S/C8H23N5.7CH6O6P2.28Na/c9-1-3-11-5-7-13-8-6-12-4-2-10;7*2-8(3,4)1-9(5,6)7;;;;;;;;;;;;;;;;;;;;;;;;;;;;/h11-13H,1-10H2;7*1H2,(H2,2,3,4)(H2,5,6,7);;;;;;;;;;;;;;;;;;;;;;;;;;;;/q;;;;;;;;28*+1/p-28. The average molecular weight is 2040 g/mol. The molecule has 0 aromatic carbocycles. The van der Waals surface area contributed by atoms with E-state index in [9.17, 15) is 201 Å². The number of nitrogens with one attached hydrogen (secondary N) is 3. The molecule has 0 saturated heterocycles. The molecule has 0 aliphatic carbocycles. The van der Waals surface area contributed by atoms with Gasteiger partial charge in [0.05, 0.1) is 0 Å². The number of nitrogens with two attached hydrogens (primary N) is 2. The van der Waals surface area contributed by atoms with Crippen LogP contribution in [0.3, 0.4) is 0 Å². The van der Waals surface area contributed by atoms with Gasteiger partial charge in [0.2, 0.25) is 0 Å². The molecule has 0 unspecified atom stereocenters. The van der Waals surface area contributed by atoms with E-state index >= 15 is 0 Å². The summed E-state index contributed by atoms with van der Waals surface area (Å²) in [5.74, 6) is -12.7. The third-order valence-electron chi connectivity index (χ3n) is 4.02. The molecular formula is C15H37N5Na28O42P14. The first-order valence-corrected chi connectivity index (χ1v) is 41.2. The van der Waals surface area contributed by atoms with Crippen molar-refractivity contribution < 1.29 is 1030 Å². The van der Waals surface area contributed by atoms with Crippen molar-refractivity contribution in [2.24, 2.45) is 11.5 Å². The van der Waals surface area contributed by atoms with Crippen LogP contribution in [-0.2, 0) is 63.9 Å². The van der Waals surface area contributed by atoms with Crippen LogP contribution in [0.15, 0.2) is 0 Å². The minimum absolute atomic E-state index is 0. The molecule has 0 amide bonds.